The highest BCUT2D eigenvalue weighted by Crippen LogP contribution is 2.41. The van der Waals surface area contributed by atoms with E-state index in [0.29, 0.717) is 11.3 Å². The Kier molecular flexibility index (Phi) is 5.64. The molecule has 1 fully saturated rings. The molecule has 2 aromatic rings. The van der Waals surface area contributed by atoms with Crippen LogP contribution in [0.25, 0.3) is 10.9 Å². The van der Waals surface area contributed by atoms with Gasteiger partial charge in [0.1, 0.15) is 11.4 Å². The molecule has 1 aliphatic carbocycles. The third-order valence-electron chi connectivity index (χ3n) is 4.92. The predicted octanol–water partition coefficient (Wildman–Crippen LogP) is 2.69. The molecule has 9 heteroatoms. The summed E-state index contributed by atoms with van der Waals surface area (Å²) in [6.07, 6.45) is -0.224. The number of ether oxygens (including phenoxy) is 1. The topological polar surface area (TPSA) is 114 Å². The van der Waals surface area contributed by atoms with Crippen molar-refractivity contribution in [2.75, 3.05) is 6.61 Å². The van der Waals surface area contributed by atoms with Crippen molar-refractivity contribution in [1.29, 1.82) is 0 Å². The van der Waals surface area contributed by atoms with Crippen molar-refractivity contribution in [2.24, 2.45) is 0 Å². The number of aromatic nitrogens is 2. The van der Waals surface area contributed by atoms with E-state index in [-0.39, 0.29) is 41.5 Å². The average Bonchev–Trinajstić information content (AvgIpc) is 2.57. The summed E-state index contributed by atoms with van der Waals surface area (Å²) in [7, 11) is 0. The van der Waals surface area contributed by atoms with Crippen LogP contribution in [0.15, 0.2) is 23.0 Å². The molecule has 8 nitrogen and oxygen atoms in total. The van der Waals surface area contributed by atoms with Crippen molar-refractivity contribution < 1.29 is 19.7 Å². The van der Waals surface area contributed by atoms with Crippen LogP contribution >= 0.6 is 11.6 Å². The molecule has 0 spiro atoms. The van der Waals surface area contributed by atoms with Gasteiger partial charge in [-0.15, -0.1) is 0 Å². The number of benzene rings is 1. The van der Waals surface area contributed by atoms with Crippen molar-refractivity contribution >= 4 is 28.6 Å². The summed E-state index contributed by atoms with van der Waals surface area (Å²) in [6, 6.07) is 3.99. The fraction of sp³-hybridized carbons (Fsp3) is 0.550. The maximum Gasteiger partial charge on any atom is 0.408 e. The summed E-state index contributed by atoms with van der Waals surface area (Å²) in [5.41, 5.74) is -1.82. The Morgan fingerprint density at radius 1 is 1.45 bits per heavy atom. The molecule has 0 saturated heterocycles. The molecule has 0 unspecified atom stereocenters. The summed E-state index contributed by atoms with van der Waals surface area (Å²) in [5, 5.41) is 22.8. The van der Waals surface area contributed by atoms with Gasteiger partial charge in [-0.3, -0.25) is 9.36 Å². The molecule has 1 amide bonds. The summed E-state index contributed by atoms with van der Waals surface area (Å²) in [4.78, 5) is 30.1. The van der Waals surface area contributed by atoms with Crippen LogP contribution in [0.1, 0.15) is 58.4 Å². The summed E-state index contributed by atoms with van der Waals surface area (Å²) in [5.74, 6) is 0.334. The number of hydrogen-bond donors (Lipinski definition) is 3. The number of halogens is 1. The van der Waals surface area contributed by atoms with E-state index in [1.165, 1.54) is 4.57 Å². The van der Waals surface area contributed by atoms with Gasteiger partial charge in [-0.2, -0.15) is 0 Å². The van der Waals surface area contributed by atoms with E-state index in [9.17, 15) is 19.8 Å². The number of rotatable bonds is 4. The van der Waals surface area contributed by atoms with Gasteiger partial charge in [0, 0.05) is 6.04 Å². The van der Waals surface area contributed by atoms with Crippen molar-refractivity contribution in [2.45, 2.75) is 63.8 Å². The molecule has 1 aromatic carbocycles. The molecule has 158 valence electrons. The summed E-state index contributed by atoms with van der Waals surface area (Å²) >= 11 is 6.24. The lowest BCUT2D eigenvalue weighted by molar-refractivity contribution is -0.103. The van der Waals surface area contributed by atoms with Crippen molar-refractivity contribution in [3.8, 4) is 0 Å². The molecule has 3 rings (SSSR count). The number of nitrogens with one attached hydrogen (secondary N) is 1. The Hall–Kier alpha value is -2.16. The highest BCUT2D eigenvalue weighted by molar-refractivity contribution is 6.35. The number of fused-ring (bicyclic) bond motifs is 1. The van der Waals surface area contributed by atoms with E-state index in [1.807, 2.05) is 0 Å². The second-order valence-corrected chi connectivity index (χ2v) is 9.00. The number of alkyl carbamates (subject to hydrolysis) is 1. The number of aliphatic hydroxyl groups excluding tert-OH is 1. The minimum absolute atomic E-state index is 0.202. The highest BCUT2D eigenvalue weighted by Gasteiger charge is 2.45. The number of aliphatic hydroxyl groups is 2. The lowest BCUT2D eigenvalue weighted by atomic mass is 9.76. The number of nitrogens with zero attached hydrogens (tertiary/aromatic N) is 2. The fourth-order valence-electron chi connectivity index (χ4n) is 3.56. The van der Waals surface area contributed by atoms with Crippen LogP contribution in [0, 0.1) is 0 Å². The first-order chi connectivity index (χ1) is 13.4. The molecule has 1 heterocycles. The van der Waals surface area contributed by atoms with Gasteiger partial charge in [-0.05, 0) is 52.7 Å². The zero-order valence-corrected chi connectivity index (χ0v) is 17.7. The Morgan fingerprint density at radius 2 is 2.10 bits per heavy atom. The highest BCUT2D eigenvalue weighted by atomic mass is 35.5. The molecule has 0 aliphatic heterocycles. The maximum absolute atomic E-state index is 13.3. The lowest BCUT2D eigenvalue weighted by Gasteiger charge is -2.44. The number of hydrogen-bond acceptors (Lipinski definition) is 6. The van der Waals surface area contributed by atoms with Gasteiger partial charge in [0.25, 0.3) is 5.56 Å². The largest absolute Gasteiger partial charge is 0.444 e. The average molecular weight is 424 g/mol. The molecular weight excluding hydrogens is 398 g/mol. The van der Waals surface area contributed by atoms with Crippen molar-refractivity contribution in [3.63, 3.8) is 0 Å². The second kappa shape index (κ2) is 7.59. The third-order valence-corrected chi connectivity index (χ3v) is 5.23. The quantitative estimate of drug-likeness (QED) is 0.696. The number of carbonyl (C=O) groups is 1. The molecule has 1 aliphatic rings. The Morgan fingerprint density at radius 3 is 2.69 bits per heavy atom. The first-order valence-corrected chi connectivity index (χ1v) is 9.85. The SMILES string of the molecule is C[C@H](NC(=O)OC(C)(C)C)c1nc2cccc(Cl)c2c(=O)n1C1CC(O)(CO)C1. The lowest BCUT2D eigenvalue weighted by Crippen LogP contribution is -2.51. The number of carbonyl (C=O) groups excluding carboxylic acids is 1. The van der Waals surface area contributed by atoms with E-state index in [1.54, 1.807) is 45.9 Å². The van der Waals surface area contributed by atoms with Gasteiger partial charge in [0.05, 0.1) is 34.2 Å². The normalized spacial score (nSPS) is 22.8. The van der Waals surface area contributed by atoms with Crippen molar-refractivity contribution in [3.05, 3.63) is 39.4 Å². The summed E-state index contributed by atoms with van der Waals surface area (Å²) in [6.45, 7) is 6.59. The van der Waals surface area contributed by atoms with E-state index < -0.39 is 23.3 Å². The fourth-order valence-corrected chi connectivity index (χ4v) is 3.81. The first-order valence-electron chi connectivity index (χ1n) is 9.47. The first kappa shape index (κ1) is 21.5. The van der Waals surface area contributed by atoms with Crippen LogP contribution in [-0.2, 0) is 4.74 Å². The van der Waals surface area contributed by atoms with Crippen molar-refractivity contribution in [1.82, 2.24) is 14.9 Å². The smallest absolute Gasteiger partial charge is 0.408 e. The maximum atomic E-state index is 13.3. The van der Waals surface area contributed by atoms with Crippen LogP contribution in [0.5, 0.6) is 0 Å². The minimum atomic E-state index is -1.22. The predicted molar refractivity (Wildman–Crippen MR) is 109 cm³/mol. The Bertz CT molecular complexity index is 992. The van der Waals surface area contributed by atoms with Gasteiger partial charge in [0.2, 0.25) is 0 Å². The molecular formula is C20H26ClN3O5. The standard InChI is InChI=1S/C20H26ClN3O5/c1-11(22-18(27)29-19(2,3)4)16-23-14-7-5-6-13(21)15(14)17(26)24(16)12-8-20(28,9-12)10-25/h5-7,11-12,25,28H,8-10H2,1-4H3,(H,22,27)/t11-,12?,20?/m0/s1. The van der Waals surface area contributed by atoms with E-state index in [2.05, 4.69) is 10.3 Å². The zero-order valence-electron chi connectivity index (χ0n) is 16.9. The molecule has 29 heavy (non-hydrogen) atoms. The number of amides is 1. The third kappa shape index (κ3) is 4.39. The molecule has 0 bridgehead atoms. The summed E-state index contributed by atoms with van der Waals surface area (Å²) < 4.78 is 6.76. The van der Waals surface area contributed by atoms with E-state index >= 15 is 0 Å². The van der Waals surface area contributed by atoms with Crippen LogP contribution in [0.2, 0.25) is 5.02 Å². The van der Waals surface area contributed by atoms with Gasteiger partial charge in [0.15, 0.2) is 0 Å². The second-order valence-electron chi connectivity index (χ2n) is 8.59. The molecule has 1 saturated carbocycles. The molecule has 0 radical (unpaired) electrons. The molecule has 3 N–H and O–H groups in total. The molecule has 1 aromatic heterocycles. The van der Waals surface area contributed by atoms with Crippen LogP contribution < -0.4 is 10.9 Å². The van der Waals surface area contributed by atoms with Gasteiger partial charge < -0.3 is 20.3 Å². The van der Waals surface area contributed by atoms with Gasteiger partial charge >= 0.3 is 6.09 Å². The monoisotopic (exact) mass is 423 g/mol. The van der Waals surface area contributed by atoms with Crippen LogP contribution in [0.3, 0.4) is 0 Å². The van der Waals surface area contributed by atoms with E-state index in [4.69, 9.17) is 16.3 Å². The Balaban J connectivity index is 2.04. The minimum Gasteiger partial charge on any atom is -0.444 e. The zero-order chi connectivity index (χ0) is 21.6. The Labute approximate surface area is 173 Å². The van der Waals surface area contributed by atoms with Crippen LogP contribution in [0.4, 0.5) is 4.79 Å². The van der Waals surface area contributed by atoms with E-state index in [0.717, 1.165) is 0 Å². The van der Waals surface area contributed by atoms with Gasteiger partial charge in [-0.1, -0.05) is 17.7 Å². The molecule has 1 atom stereocenters. The van der Waals surface area contributed by atoms with Gasteiger partial charge in [-0.25, -0.2) is 9.78 Å². The van der Waals surface area contributed by atoms with Crippen LogP contribution in [-0.4, -0.2) is 43.7 Å².